The van der Waals surface area contributed by atoms with Gasteiger partial charge < -0.3 is 5.73 Å². The fourth-order valence-corrected chi connectivity index (χ4v) is 2.46. The standard InChI is InChI=1S/C16H15N/c1-11(17)16-10-12-6-2-3-7-13(12)14-8-4-5-9-15(14)16/h2-11H,17H2,1H3/t11-/m1/s1. The van der Waals surface area contributed by atoms with Crippen molar-refractivity contribution in [1.29, 1.82) is 0 Å². The Balaban J connectivity index is 2.55. The van der Waals surface area contributed by atoms with Gasteiger partial charge in [0.1, 0.15) is 0 Å². The van der Waals surface area contributed by atoms with Crippen LogP contribution in [0.4, 0.5) is 0 Å². The molecule has 0 aliphatic heterocycles. The monoisotopic (exact) mass is 221 g/mol. The van der Waals surface area contributed by atoms with Crippen molar-refractivity contribution in [3.63, 3.8) is 0 Å². The Labute approximate surface area is 101 Å². The molecule has 0 fully saturated rings. The summed E-state index contributed by atoms with van der Waals surface area (Å²) in [5.41, 5.74) is 7.29. The minimum Gasteiger partial charge on any atom is -0.324 e. The molecule has 0 saturated carbocycles. The third-order valence-corrected chi connectivity index (χ3v) is 3.29. The SMILES string of the molecule is C[C@@H](N)c1cc2ccccc2c2ccccc12. The van der Waals surface area contributed by atoms with E-state index >= 15 is 0 Å². The van der Waals surface area contributed by atoms with Gasteiger partial charge in [-0.1, -0.05) is 48.5 Å². The van der Waals surface area contributed by atoms with Crippen molar-refractivity contribution < 1.29 is 0 Å². The lowest BCUT2D eigenvalue weighted by molar-refractivity contribution is 0.828. The Morgan fingerprint density at radius 1 is 0.824 bits per heavy atom. The van der Waals surface area contributed by atoms with E-state index in [0.29, 0.717) is 0 Å². The van der Waals surface area contributed by atoms with Gasteiger partial charge in [0.25, 0.3) is 0 Å². The highest BCUT2D eigenvalue weighted by Gasteiger charge is 2.08. The van der Waals surface area contributed by atoms with Gasteiger partial charge in [-0.2, -0.15) is 0 Å². The second-order valence-electron chi connectivity index (χ2n) is 4.52. The Hall–Kier alpha value is -1.86. The van der Waals surface area contributed by atoms with Crippen LogP contribution in [0.1, 0.15) is 18.5 Å². The van der Waals surface area contributed by atoms with Crippen molar-refractivity contribution in [1.82, 2.24) is 0 Å². The minimum absolute atomic E-state index is 0.0597. The van der Waals surface area contributed by atoms with Crippen molar-refractivity contribution in [2.24, 2.45) is 5.73 Å². The molecule has 1 heteroatoms. The molecular weight excluding hydrogens is 206 g/mol. The van der Waals surface area contributed by atoms with Crippen LogP contribution >= 0.6 is 0 Å². The zero-order valence-corrected chi connectivity index (χ0v) is 9.85. The van der Waals surface area contributed by atoms with Crippen LogP contribution in [0.25, 0.3) is 21.5 Å². The van der Waals surface area contributed by atoms with Gasteiger partial charge >= 0.3 is 0 Å². The van der Waals surface area contributed by atoms with Crippen LogP contribution in [-0.4, -0.2) is 0 Å². The Bertz CT molecular complexity index is 683. The fraction of sp³-hybridized carbons (Fsp3) is 0.125. The third kappa shape index (κ3) is 1.60. The first-order valence-corrected chi connectivity index (χ1v) is 5.93. The minimum atomic E-state index is 0.0597. The predicted molar refractivity (Wildman–Crippen MR) is 74.1 cm³/mol. The quantitative estimate of drug-likeness (QED) is 0.617. The molecule has 0 radical (unpaired) electrons. The lowest BCUT2D eigenvalue weighted by atomic mass is 9.94. The Morgan fingerprint density at radius 2 is 1.41 bits per heavy atom. The van der Waals surface area contributed by atoms with Gasteiger partial charge in [-0.25, -0.2) is 0 Å². The molecular formula is C16H15N. The lowest BCUT2D eigenvalue weighted by Gasteiger charge is -2.13. The summed E-state index contributed by atoms with van der Waals surface area (Å²) in [6, 6.07) is 19.2. The maximum absolute atomic E-state index is 6.07. The summed E-state index contributed by atoms with van der Waals surface area (Å²) in [4.78, 5) is 0. The maximum atomic E-state index is 6.07. The number of rotatable bonds is 1. The first-order valence-electron chi connectivity index (χ1n) is 5.93. The summed E-state index contributed by atoms with van der Waals surface area (Å²) in [5.74, 6) is 0. The maximum Gasteiger partial charge on any atom is 0.0272 e. The van der Waals surface area contributed by atoms with Gasteiger partial charge in [0, 0.05) is 6.04 Å². The molecule has 3 rings (SSSR count). The molecule has 0 heterocycles. The molecule has 0 saturated heterocycles. The number of nitrogens with two attached hydrogens (primary N) is 1. The molecule has 2 N–H and O–H groups in total. The van der Waals surface area contributed by atoms with Crippen LogP contribution in [-0.2, 0) is 0 Å². The van der Waals surface area contributed by atoms with Crippen LogP contribution < -0.4 is 5.73 Å². The molecule has 17 heavy (non-hydrogen) atoms. The van der Waals surface area contributed by atoms with E-state index in [-0.39, 0.29) is 6.04 Å². The van der Waals surface area contributed by atoms with Crippen molar-refractivity contribution in [3.05, 3.63) is 60.2 Å². The largest absolute Gasteiger partial charge is 0.324 e. The van der Waals surface area contributed by atoms with Crippen LogP contribution in [0.15, 0.2) is 54.6 Å². The molecule has 3 aromatic rings. The van der Waals surface area contributed by atoms with Gasteiger partial charge in [0.15, 0.2) is 0 Å². The molecule has 0 spiro atoms. The number of hydrogen-bond acceptors (Lipinski definition) is 1. The van der Waals surface area contributed by atoms with E-state index < -0.39 is 0 Å². The highest BCUT2D eigenvalue weighted by molar-refractivity contribution is 6.09. The highest BCUT2D eigenvalue weighted by Crippen LogP contribution is 2.30. The first kappa shape index (κ1) is 10.3. The molecule has 3 aromatic carbocycles. The van der Waals surface area contributed by atoms with Crippen molar-refractivity contribution in [2.75, 3.05) is 0 Å². The topological polar surface area (TPSA) is 26.0 Å². The molecule has 84 valence electrons. The van der Waals surface area contributed by atoms with E-state index in [4.69, 9.17) is 5.73 Å². The molecule has 0 amide bonds. The van der Waals surface area contributed by atoms with Gasteiger partial charge in [0.05, 0.1) is 0 Å². The van der Waals surface area contributed by atoms with E-state index in [9.17, 15) is 0 Å². The van der Waals surface area contributed by atoms with Gasteiger partial charge in [-0.3, -0.25) is 0 Å². The smallest absolute Gasteiger partial charge is 0.0272 e. The summed E-state index contributed by atoms with van der Waals surface area (Å²) in [6.45, 7) is 2.04. The number of hydrogen-bond donors (Lipinski definition) is 1. The molecule has 0 unspecified atom stereocenters. The van der Waals surface area contributed by atoms with Crippen molar-refractivity contribution in [3.8, 4) is 0 Å². The highest BCUT2D eigenvalue weighted by atomic mass is 14.6. The average Bonchev–Trinajstić information content (AvgIpc) is 2.37. The Morgan fingerprint density at radius 3 is 2.12 bits per heavy atom. The van der Waals surface area contributed by atoms with E-state index in [1.807, 2.05) is 6.92 Å². The second-order valence-corrected chi connectivity index (χ2v) is 4.52. The van der Waals surface area contributed by atoms with Gasteiger partial charge in [-0.15, -0.1) is 0 Å². The molecule has 1 atom stereocenters. The van der Waals surface area contributed by atoms with Gasteiger partial charge in [-0.05, 0) is 40.1 Å². The van der Waals surface area contributed by atoms with E-state index in [0.717, 1.165) is 0 Å². The van der Waals surface area contributed by atoms with Crippen LogP contribution in [0, 0.1) is 0 Å². The Kier molecular flexibility index (Phi) is 2.34. The fourth-order valence-electron chi connectivity index (χ4n) is 2.46. The van der Waals surface area contributed by atoms with Crippen LogP contribution in [0.3, 0.4) is 0 Å². The van der Waals surface area contributed by atoms with Crippen molar-refractivity contribution in [2.45, 2.75) is 13.0 Å². The second kappa shape index (κ2) is 3.86. The number of fused-ring (bicyclic) bond motifs is 3. The lowest BCUT2D eigenvalue weighted by Crippen LogP contribution is -2.05. The van der Waals surface area contributed by atoms with E-state index in [1.165, 1.54) is 27.1 Å². The normalized spacial score (nSPS) is 13.1. The summed E-state index contributed by atoms with van der Waals surface area (Å²) in [7, 11) is 0. The molecule has 0 bridgehead atoms. The van der Waals surface area contributed by atoms with Crippen molar-refractivity contribution >= 4 is 21.5 Å². The predicted octanol–water partition coefficient (Wildman–Crippen LogP) is 4.01. The molecule has 0 aliphatic carbocycles. The molecule has 1 nitrogen and oxygen atoms in total. The zero-order valence-electron chi connectivity index (χ0n) is 9.85. The van der Waals surface area contributed by atoms with E-state index in [2.05, 4.69) is 54.6 Å². The van der Waals surface area contributed by atoms with Crippen LogP contribution in [0.2, 0.25) is 0 Å². The summed E-state index contributed by atoms with van der Waals surface area (Å²) in [6.07, 6.45) is 0. The first-order chi connectivity index (χ1) is 8.27. The summed E-state index contributed by atoms with van der Waals surface area (Å²) < 4.78 is 0. The average molecular weight is 221 g/mol. The zero-order chi connectivity index (χ0) is 11.8. The summed E-state index contributed by atoms with van der Waals surface area (Å²) in [5, 5.41) is 5.12. The van der Waals surface area contributed by atoms with Crippen LogP contribution in [0.5, 0.6) is 0 Å². The summed E-state index contributed by atoms with van der Waals surface area (Å²) >= 11 is 0. The van der Waals surface area contributed by atoms with E-state index in [1.54, 1.807) is 0 Å². The number of benzene rings is 3. The molecule has 0 aliphatic rings. The molecule has 0 aromatic heterocycles. The van der Waals surface area contributed by atoms with Gasteiger partial charge in [0.2, 0.25) is 0 Å². The third-order valence-electron chi connectivity index (χ3n) is 3.29.